The summed E-state index contributed by atoms with van der Waals surface area (Å²) < 4.78 is 0. The summed E-state index contributed by atoms with van der Waals surface area (Å²) in [6.07, 6.45) is 2.72. The van der Waals surface area contributed by atoms with Crippen LogP contribution in [-0.2, 0) is 24.0 Å². The Balaban J connectivity index is 5.20. The molecule has 0 heterocycles. The number of nitrogens with two attached hydrogens (primary N) is 2. The number of amides is 3. The number of aliphatic hydroxyl groups is 1. The molecule has 0 rings (SSSR count). The minimum atomic E-state index is -1.50. The number of aliphatic carboxylic acids is 2. The number of carboxylic acids is 2. The topological polar surface area (TPSA) is 234 Å². The fourth-order valence-corrected chi connectivity index (χ4v) is 3.16. The van der Waals surface area contributed by atoms with Crippen LogP contribution in [0.1, 0.15) is 38.5 Å². The molecular weight excluding hydrogens is 458 g/mol. The van der Waals surface area contributed by atoms with Crippen molar-refractivity contribution in [3.05, 3.63) is 0 Å². The van der Waals surface area contributed by atoms with E-state index in [1.165, 1.54) is 11.8 Å². The SMILES string of the molecule is CSCCC(NC(=O)C(CO)NC(=O)C(CCC(=O)O)NC(=O)C(N)CCCCN)C(=O)O. The molecule has 0 aromatic heterocycles. The molecule has 0 aliphatic heterocycles. The highest BCUT2D eigenvalue weighted by molar-refractivity contribution is 7.98. The fraction of sp³-hybridized carbons (Fsp3) is 0.737. The average molecular weight is 494 g/mol. The Morgan fingerprint density at radius 3 is 1.94 bits per heavy atom. The van der Waals surface area contributed by atoms with Gasteiger partial charge in [0.15, 0.2) is 0 Å². The van der Waals surface area contributed by atoms with Crippen LogP contribution in [0.2, 0.25) is 0 Å². The van der Waals surface area contributed by atoms with Gasteiger partial charge in [-0.1, -0.05) is 6.42 Å². The van der Waals surface area contributed by atoms with Gasteiger partial charge >= 0.3 is 11.9 Å². The molecule has 0 spiro atoms. The van der Waals surface area contributed by atoms with Crippen molar-refractivity contribution in [1.29, 1.82) is 0 Å². The van der Waals surface area contributed by atoms with E-state index < -0.39 is 66.9 Å². The maximum atomic E-state index is 12.7. The fourth-order valence-electron chi connectivity index (χ4n) is 2.69. The highest BCUT2D eigenvalue weighted by atomic mass is 32.2. The molecule has 0 aliphatic rings. The third kappa shape index (κ3) is 13.0. The zero-order chi connectivity index (χ0) is 25.4. The van der Waals surface area contributed by atoms with Crippen molar-refractivity contribution >= 4 is 41.4 Å². The molecule has 0 saturated heterocycles. The zero-order valence-electron chi connectivity index (χ0n) is 18.6. The first-order valence-corrected chi connectivity index (χ1v) is 11.9. The molecule has 4 unspecified atom stereocenters. The average Bonchev–Trinajstić information content (AvgIpc) is 2.76. The molecule has 13 nitrogen and oxygen atoms in total. The maximum Gasteiger partial charge on any atom is 0.326 e. The number of nitrogens with one attached hydrogen (secondary N) is 3. The quantitative estimate of drug-likeness (QED) is 0.0936. The molecule has 14 heteroatoms. The van der Waals surface area contributed by atoms with Gasteiger partial charge < -0.3 is 42.7 Å². The van der Waals surface area contributed by atoms with Crippen LogP contribution in [0, 0.1) is 0 Å². The van der Waals surface area contributed by atoms with Gasteiger partial charge in [0.1, 0.15) is 18.1 Å². The van der Waals surface area contributed by atoms with E-state index in [2.05, 4.69) is 16.0 Å². The van der Waals surface area contributed by atoms with E-state index in [9.17, 15) is 34.2 Å². The predicted molar refractivity (Wildman–Crippen MR) is 121 cm³/mol. The summed E-state index contributed by atoms with van der Waals surface area (Å²) >= 11 is 1.39. The Morgan fingerprint density at radius 1 is 0.848 bits per heavy atom. The van der Waals surface area contributed by atoms with Crippen molar-refractivity contribution < 1.29 is 39.3 Å². The predicted octanol–water partition coefficient (Wildman–Crippen LogP) is -2.41. The third-order valence-electron chi connectivity index (χ3n) is 4.63. The number of aliphatic hydroxyl groups excluding tert-OH is 1. The maximum absolute atomic E-state index is 12.7. The van der Waals surface area contributed by atoms with Gasteiger partial charge in [-0.3, -0.25) is 19.2 Å². The van der Waals surface area contributed by atoms with E-state index in [0.717, 1.165) is 0 Å². The number of carboxylic acid groups (broad SMARTS) is 2. The molecule has 3 amide bonds. The molecule has 0 bridgehead atoms. The second-order valence-electron chi connectivity index (χ2n) is 7.31. The van der Waals surface area contributed by atoms with Gasteiger partial charge in [0.05, 0.1) is 12.6 Å². The molecule has 10 N–H and O–H groups in total. The van der Waals surface area contributed by atoms with E-state index >= 15 is 0 Å². The second kappa shape index (κ2) is 17.1. The molecule has 0 saturated carbocycles. The van der Waals surface area contributed by atoms with Crippen LogP contribution in [-0.4, -0.2) is 94.3 Å². The number of carbonyl (C=O) groups excluding carboxylic acids is 3. The van der Waals surface area contributed by atoms with Crippen molar-refractivity contribution in [3.8, 4) is 0 Å². The van der Waals surface area contributed by atoms with Gasteiger partial charge in [-0.2, -0.15) is 11.8 Å². The van der Waals surface area contributed by atoms with Crippen molar-refractivity contribution in [1.82, 2.24) is 16.0 Å². The van der Waals surface area contributed by atoms with Gasteiger partial charge in [0.2, 0.25) is 17.7 Å². The molecule has 0 fully saturated rings. The van der Waals surface area contributed by atoms with Gasteiger partial charge in [0, 0.05) is 6.42 Å². The molecule has 190 valence electrons. The number of unbranched alkanes of at least 4 members (excludes halogenated alkanes) is 1. The lowest BCUT2D eigenvalue weighted by Crippen LogP contribution is -2.58. The normalized spacial score (nSPS) is 14.4. The van der Waals surface area contributed by atoms with Gasteiger partial charge in [-0.15, -0.1) is 0 Å². The molecular formula is C19H35N5O8S. The first kappa shape index (κ1) is 30.6. The number of hydrogen-bond donors (Lipinski definition) is 8. The van der Waals surface area contributed by atoms with E-state index in [1.807, 2.05) is 0 Å². The van der Waals surface area contributed by atoms with Crippen LogP contribution < -0.4 is 27.4 Å². The zero-order valence-corrected chi connectivity index (χ0v) is 19.4. The monoisotopic (exact) mass is 493 g/mol. The summed E-state index contributed by atoms with van der Waals surface area (Å²) in [5, 5.41) is 34.5. The number of hydrogen-bond acceptors (Lipinski definition) is 9. The third-order valence-corrected chi connectivity index (χ3v) is 5.27. The van der Waals surface area contributed by atoms with Crippen molar-refractivity contribution in [2.45, 2.75) is 62.7 Å². The number of thioether (sulfide) groups is 1. The minimum absolute atomic E-state index is 0.133. The van der Waals surface area contributed by atoms with Crippen molar-refractivity contribution in [3.63, 3.8) is 0 Å². The highest BCUT2D eigenvalue weighted by Crippen LogP contribution is 2.04. The molecule has 33 heavy (non-hydrogen) atoms. The standard InChI is InChI=1S/C19H35N5O8S/c1-33-9-7-13(19(31)32)23-18(30)14(10-25)24-17(29)12(5-6-15(26)27)22-16(28)11(21)4-2-3-8-20/h11-14,25H,2-10,20-21H2,1H3,(H,22,28)(H,23,30)(H,24,29)(H,26,27)(H,31,32). The van der Waals surface area contributed by atoms with E-state index in [-0.39, 0.29) is 12.8 Å². The van der Waals surface area contributed by atoms with Gasteiger partial charge in [0.25, 0.3) is 0 Å². The summed E-state index contributed by atoms with van der Waals surface area (Å²) in [7, 11) is 0. The lowest BCUT2D eigenvalue weighted by atomic mass is 10.1. The Hall–Kier alpha value is -2.42. The minimum Gasteiger partial charge on any atom is -0.481 e. The largest absolute Gasteiger partial charge is 0.481 e. The Kier molecular flexibility index (Phi) is 15.9. The summed E-state index contributed by atoms with van der Waals surface area (Å²) in [4.78, 5) is 59.6. The lowest BCUT2D eigenvalue weighted by Gasteiger charge is -2.24. The van der Waals surface area contributed by atoms with Crippen LogP contribution in [0.5, 0.6) is 0 Å². The molecule has 4 atom stereocenters. The van der Waals surface area contributed by atoms with Crippen LogP contribution in [0.15, 0.2) is 0 Å². The van der Waals surface area contributed by atoms with Gasteiger partial charge in [-0.25, -0.2) is 4.79 Å². The highest BCUT2D eigenvalue weighted by Gasteiger charge is 2.30. The Morgan fingerprint density at radius 2 is 1.42 bits per heavy atom. The van der Waals surface area contributed by atoms with Crippen LogP contribution in [0.3, 0.4) is 0 Å². The number of rotatable bonds is 18. The lowest BCUT2D eigenvalue weighted by molar-refractivity contribution is -0.142. The molecule has 0 aromatic rings. The number of carbonyl (C=O) groups is 5. The van der Waals surface area contributed by atoms with Gasteiger partial charge in [-0.05, 0) is 44.2 Å². The van der Waals surface area contributed by atoms with E-state index in [4.69, 9.17) is 16.6 Å². The van der Waals surface area contributed by atoms with E-state index in [0.29, 0.717) is 31.6 Å². The summed E-state index contributed by atoms with van der Waals surface area (Å²) in [6, 6.07) is -5.00. The van der Waals surface area contributed by atoms with Crippen molar-refractivity contribution in [2.24, 2.45) is 11.5 Å². The smallest absolute Gasteiger partial charge is 0.326 e. The van der Waals surface area contributed by atoms with Crippen LogP contribution in [0.4, 0.5) is 0 Å². The van der Waals surface area contributed by atoms with Crippen LogP contribution in [0.25, 0.3) is 0 Å². The summed E-state index contributed by atoms with van der Waals surface area (Å²) in [6.45, 7) is -0.409. The molecule has 0 radical (unpaired) electrons. The molecule has 0 aromatic carbocycles. The Bertz CT molecular complexity index is 666. The first-order valence-electron chi connectivity index (χ1n) is 10.5. The summed E-state index contributed by atoms with van der Waals surface area (Å²) in [5.74, 6) is -4.53. The van der Waals surface area contributed by atoms with Crippen molar-refractivity contribution in [2.75, 3.05) is 25.2 Å². The van der Waals surface area contributed by atoms with E-state index in [1.54, 1.807) is 6.26 Å². The summed E-state index contributed by atoms with van der Waals surface area (Å²) in [5.41, 5.74) is 11.2. The molecule has 0 aliphatic carbocycles. The first-order chi connectivity index (χ1) is 15.6. The Labute approximate surface area is 196 Å². The second-order valence-corrected chi connectivity index (χ2v) is 8.29. The van der Waals surface area contributed by atoms with Crippen LogP contribution >= 0.6 is 11.8 Å².